The van der Waals surface area contributed by atoms with Gasteiger partial charge in [-0.25, -0.2) is 0 Å². The summed E-state index contributed by atoms with van der Waals surface area (Å²) in [6.07, 6.45) is -0.624. The second-order valence-corrected chi connectivity index (χ2v) is 5.85. The Hall–Kier alpha value is -2.90. The van der Waals surface area contributed by atoms with E-state index >= 15 is 0 Å². The number of amides is 2. The molecule has 0 radical (unpaired) electrons. The van der Waals surface area contributed by atoms with Crippen LogP contribution in [-0.2, 0) is 22.2 Å². The van der Waals surface area contributed by atoms with Gasteiger partial charge in [-0.15, -0.1) is 0 Å². The number of hydrogen-bond acceptors (Lipinski definition) is 3. The van der Waals surface area contributed by atoms with Crippen molar-refractivity contribution in [2.75, 3.05) is 18.4 Å². The smallest absolute Gasteiger partial charge is 0.334 e. The van der Waals surface area contributed by atoms with Crippen LogP contribution in [0.3, 0.4) is 0 Å². The zero-order valence-corrected chi connectivity index (χ0v) is 14.8. The van der Waals surface area contributed by atoms with Crippen molar-refractivity contribution in [3.05, 3.63) is 59.9 Å². The summed E-state index contributed by atoms with van der Waals surface area (Å²) in [4.78, 5) is 29.7. The van der Waals surface area contributed by atoms with Gasteiger partial charge in [0.25, 0.3) is 0 Å². The van der Waals surface area contributed by atoms with Gasteiger partial charge in [0.2, 0.25) is 11.8 Å². The molecule has 27 heavy (non-hydrogen) atoms. The molecule has 1 heterocycles. The van der Waals surface area contributed by atoms with E-state index in [0.717, 1.165) is 11.6 Å². The maximum atomic E-state index is 13.0. The summed E-state index contributed by atoms with van der Waals surface area (Å²) in [5.41, 5.74) is -0.307. The average molecular weight is 379 g/mol. The van der Waals surface area contributed by atoms with Gasteiger partial charge in [0.1, 0.15) is 0 Å². The predicted molar refractivity (Wildman–Crippen MR) is 94.9 cm³/mol. The van der Waals surface area contributed by atoms with Crippen molar-refractivity contribution < 1.29 is 22.8 Å². The fraction of sp³-hybridized carbons (Fsp3) is 0.316. The van der Waals surface area contributed by atoms with E-state index in [4.69, 9.17) is 0 Å². The van der Waals surface area contributed by atoms with Crippen LogP contribution in [0.25, 0.3) is 0 Å². The fourth-order valence-electron chi connectivity index (χ4n) is 2.54. The number of nitrogens with zero attached hydrogens (tertiary/aromatic N) is 2. The number of nitrogens with one attached hydrogen (secondary N) is 1. The summed E-state index contributed by atoms with van der Waals surface area (Å²) in [6.45, 7) is 1.68. The summed E-state index contributed by atoms with van der Waals surface area (Å²) in [5.74, 6) is -0.917. The van der Waals surface area contributed by atoms with Crippen LogP contribution in [0.5, 0.6) is 0 Å². The highest BCUT2D eigenvalue weighted by Gasteiger charge is 2.33. The number of rotatable bonds is 7. The predicted octanol–water partition coefficient (Wildman–Crippen LogP) is 3.52. The molecule has 0 unspecified atom stereocenters. The molecule has 1 aromatic carbocycles. The first kappa shape index (κ1) is 20.4. The maximum Gasteiger partial charge on any atom is 0.418 e. The van der Waals surface area contributed by atoms with Crippen LogP contribution < -0.4 is 5.32 Å². The molecule has 8 heteroatoms. The largest absolute Gasteiger partial charge is 0.418 e. The van der Waals surface area contributed by atoms with E-state index in [2.05, 4.69) is 10.3 Å². The first-order chi connectivity index (χ1) is 12.8. The number of carbonyl (C=O) groups excluding carboxylic acids is 2. The third kappa shape index (κ3) is 6.09. The number of benzene rings is 1. The number of aromatic nitrogens is 1. The van der Waals surface area contributed by atoms with E-state index in [-0.39, 0.29) is 31.1 Å². The zero-order valence-electron chi connectivity index (χ0n) is 14.8. The summed E-state index contributed by atoms with van der Waals surface area (Å²) in [7, 11) is 0. The average Bonchev–Trinajstić information content (AvgIpc) is 2.64. The van der Waals surface area contributed by atoms with E-state index in [1.54, 1.807) is 31.5 Å². The Morgan fingerprint density at radius 1 is 1.11 bits per heavy atom. The lowest BCUT2D eigenvalue weighted by Crippen LogP contribution is -2.38. The molecular formula is C19H20F3N3O2. The van der Waals surface area contributed by atoms with Crippen molar-refractivity contribution in [2.24, 2.45) is 0 Å². The summed E-state index contributed by atoms with van der Waals surface area (Å²) >= 11 is 0. The molecular weight excluding hydrogens is 359 g/mol. The van der Waals surface area contributed by atoms with Gasteiger partial charge in [-0.1, -0.05) is 12.1 Å². The van der Waals surface area contributed by atoms with E-state index in [0.29, 0.717) is 6.42 Å². The van der Waals surface area contributed by atoms with Gasteiger partial charge >= 0.3 is 6.18 Å². The van der Waals surface area contributed by atoms with Crippen LogP contribution in [0, 0.1) is 0 Å². The Labute approximate surface area is 155 Å². The number of hydrogen-bond donors (Lipinski definition) is 1. The van der Waals surface area contributed by atoms with Crippen LogP contribution in [0.1, 0.15) is 24.5 Å². The summed E-state index contributed by atoms with van der Waals surface area (Å²) in [6, 6.07) is 8.33. The highest BCUT2D eigenvalue weighted by Crippen LogP contribution is 2.34. The van der Waals surface area contributed by atoms with Gasteiger partial charge in [0.15, 0.2) is 0 Å². The first-order valence-corrected chi connectivity index (χ1v) is 8.44. The highest BCUT2D eigenvalue weighted by atomic mass is 19.4. The van der Waals surface area contributed by atoms with Crippen molar-refractivity contribution in [3.8, 4) is 0 Å². The molecule has 0 fully saturated rings. The minimum atomic E-state index is -4.57. The normalized spacial score (nSPS) is 11.1. The molecule has 0 aliphatic carbocycles. The number of aryl methyl sites for hydroxylation is 1. The molecule has 0 bridgehead atoms. The van der Waals surface area contributed by atoms with E-state index in [1.165, 1.54) is 23.1 Å². The van der Waals surface area contributed by atoms with Gasteiger partial charge in [0.05, 0.1) is 17.8 Å². The van der Waals surface area contributed by atoms with Crippen LogP contribution in [0.4, 0.5) is 18.9 Å². The Bertz CT molecular complexity index is 779. The van der Waals surface area contributed by atoms with Gasteiger partial charge in [-0.3, -0.25) is 14.6 Å². The van der Waals surface area contributed by atoms with Crippen LogP contribution in [0.15, 0.2) is 48.8 Å². The maximum absolute atomic E-state index is 13.0. The SMILES string of the molecule is CCN(CC(=O)Nc1ccccc1C(F)(F)F)C(=O)CCc1ccncc1. The Kier molecular flexibility index (Phi) is 6.92. The first-order valence-electron chi connectivity index (χ1n) is 8.44. The summed E-state index contributed by atoms with van der Waals surface area (Å²) < 4.78 is 39.0. The van der Waals surface area contributed by atoms with Crippen molar-refractivity contribution in [2.45, 2.75) is 25.9 Å². The third-order valence-corrected chi connectivity index (χ3v) is 3.95. The molecule has 0 saturated carbocycles. The monoisotopic (exact) mass is 379 g/mol. The Balaban J connectivity index is 1.96. The quantitative estimate of drug-likeness (QED) is 0.801. The lowest BCUT2D eigenvalue weighted by Gasteiger charge is -2.21. The number of pyridine rings is 1. The molecule has 1 aromatic heterocycles. The molecule has 2 aromatic rings. The lowest BCUT2D eigenvalue weighted by atomic mass is 10.1. The third-order valence-electron chi connectivity index (χ3n) is 3.95. The molecule has 0 atom stereocenters. The second kappa shape index (κ2) is 9.16. The molecule has 2 amide bonds. The van der Waals surface area contributed by atoms with Crippen molar-refractivity contribution in [1.82, 2.24) is 9.88 Å². The second-order valence-electron chi connectivity index (χ2n) is 5.85. The van der Waals surface area contributed by atoms with Crippen molar-refractivity contribution in [3.63, 3.8) is 0 Å². The topological polar surface area (TPSA) is 62.3 Å². The zero-order chi connectivity index (χ0) is 19.9. The van der Waals surface area contributed by atoms with Gasteiger partial charge in [0, 0.05) is 25.4 Å². The molecule has 0 aliphatic rings. The Morgan fingerprint density at radius 2 is 1.78 bits per heavy atom. The van der Waals surface area contributed by atoms with Gasteiger partial charge < -0.3 is 10.2 Å². The molecule has 0 aliphatic heterocycles. The van der Waals surface area contributed by atoms with Crippen LogP contribution in [-0.4, -0.2) is 34.8 Å². The van der Waals surface area contributed by atoms with Crippen LogP contribution in [0.2, 0.25) is 0 Å². The number of likely N-dealkylation sites (N-methyl/N-ethyl adjacent to an activating group) is 1. The van der Waals surface area contributed by atoms with E-state index in [1.807, 2.05) is 0 Å². The molecule has 144 valence electrons. The van der Waals surface area contributed by atoms with Gasteiger partial charge in [-0.2, -0.15) is 13.2 Å². The molecule has 0 spiro atoms. The van der Waals surface area contributed by atoms with E-state index in [9.17, 15) is 22.8 Å². The minimum Gasteiger partial charge on any atom is -0.334 e. The molecule has 5 nitrogen and oxygen atoms in total. The summed E-state index contributed by atoms with van der Waals surface area (Å²) in [5, 5.41) is 2.25. The number of para-hydroxylation sites is 1. The number of alkyl halides is 3. The molecule has 1 N–H and O–H groups in total. The number of carbonyl (C=O) groups is 2. The lowest BCUT2D eigenvalue weighted by molar-refractivity contribution is -0.137. The van der Waals surface area contributed by atoms with Crippen LogP contribution >= 0.6 is 0 Å². The minimum absolute atomic E-state index is 0.199. The number of anilines is 1. The molecule has 0 saturated heterocycles. The van der Waals surface area contributed by atoms with Gasteiger partial charge in [-0.05, 0) is 43.2 Å². The standard InChI is InChI=1S/C19H20F3N3O2/c1-2-25(18(27)8-7-14-9-11-23-12-10-14)13-17(26)24-16-6-4-3-5-15(16)19(20,21)22/h3-6,9-12H,2,7-8,13H2,1H3,(H,24,26). The highest BCUT2D eigenvalue weighted by molar-refractivity contribution is 5.95. The fourth-order valence-corrected chi connectivity index (χ4v) is 2.54. The van der Waals surface area contributed by atoms with Crippen molar-refractivity contribution >= 4 is 17.5 Å². The Morgan fingerprint density at radius 3 is 2.41 bits per heavy atom. The molecule has 2 rings (SSSR count). The van der Waals surface area contributed by atoms with E-state index < -0.39 is 17.6 Å². The van der Waals surface area contributed by atoms with Crippen molar-refractivity contribution in [1.29, 1.82) is 0 Å². The number of halogens is 3.